The van der Waals surface area contributed by atoms with Crippen molar-refractivity contribution >= 4 is 56.5 Å². The molecule has 3 rings (SSSR count). The molecular weight excluding hydrogens is 482 g/mol. The van der Waals surface area contributed by atoms with Crippen LogP contribution < -0.4 is 0 Å². The quantitative estimate of drug-likeness (QED) is 0.239. The summed E-state index contributed by atoms with van der Waals surface area (Å²) < 4.78 is 33.9. The van der Waals surface area contributed by atoms with Gasteiger partial charge in [-0.3, -0.25) is 4.55 Å². The number of hydrogen-bond donors (Lipinski definition) is 3. The molecule has 152 valence electrons. The van der Waals surface area contributed by atoms with Crippen molar-refractivity contribution in [3.8, 4) is 11.5 Å². The lowest BCUT2D eigenvalue weighted by molar-refractivity contribution is 0.439. The summed E-state index contributed by atoms with van der Waals surface area (Å²) in [4.78, 5) is 0. The maximum absolute atomic E-state index is 13.0. The Morgan fingerprint density at radius 2 is 1.24 bits per heavy atom. The normalized spacial score (nSPS) is 13.8. The third-order valence-corrected chi connectivity index (χ3v) is 7.46. The molecule has 3 aromatic carbocycles. The Balaban J connectivity index is 2.63. The van der Waals surface area contributed by atoms with E-state index in [2.05, 4.69) is 0 Å². The first kappa shape index (κ1) is 22.0. The summed E-state index contributed by atoms with van der Waals surface area (Å²) in [7, 11) is -5.11. The molecule has 0 aliphatic heterocycles. The molecule has 0 spiro atoms. The SMILES string of the molecule is O=S(=O)(O)C(c1cc(Cl)c(Cl)c(Cl)c1)(c1ccccc1O)c1cccc(O)c1Cl. The summed E-state index contributed by atoms with van der Waals surface area (Å²) in [6.45, 7) is 0. The van der Waals surface area contributed by atoms with Gasteiger partial charge in [-0.2, -0.15) is 8.42 Å². The van der Waals surface area contributed by atoms with Gasteiger partial charge in [-0.1, -0.05) is 76.7 Å². The molecule has 0 aliphatic rings. The fourth-order valence-corrected chi connectivity index (χ4v) is 5.44. The third-order valence-electron chi connectivity index (χ3n) is 4.42. The molecule has 0 saturated heterocycles. The van der Waals surface area contributed by atoms with Gasteiger partial charge >= 0.3 is 0 Å². The van der Waals surface area contributed by atoms with Gasteiger partial charge in [0.05, 0.1) is 20.1 Å². The fourth-order valence-electron chi connectivity index (χ4n) is 3.20. The van der Waals surface area contributed by atoms with E-state index in [1.165, 1.54) is 54.6 Å². The number of rotatable bonds is 4. The third kappa shape index (κ3) is 3.54. The molecule has 1 atom stereocenters. The summed E-state index contributed by atoms with van der Waals surface area (Å²) in [6, 6.07) is 11.7. The zero-order valence-corrected chi connectivity index (χ0v) is 18.1. The molecule has 0 heterocycles. The predicted octanol–water partition coefficient (Wildman–Crippen LogP) is 5.89. The summed E-state index contributed by atoms with van der Waals surface area (Å²) in [6.07, 6.45) is 0. The number of phenols is 2. The summed E-state index contributed by atoms with van der Waals surface area (Å²) in [5, 5.41) is 20.1. The molecule has 0 fully saturated rings. The van der Waals surface area contributed by atoms with Crippen LogP contribution in [0, 0.1) is 0 Å². The second-order valence-corrected chi connectivity index (χ2v) is 9.20. The van der Waals surface area contributed by atoms with Crippen molar-refractivity contribution in [2.24, 2.45) is 0 Å². The molecule has 5 nitrogen and oxygen atoms in total. The molecule has 0 bridgehead atoms. The highest BCUT2D eigenvalue weighted by Gasteiger charge is 2.51. The van der Waals surface area contributed by atoms with Gasteiger partial charge in [0.15, 0.2) is 4.75 Å². The van der Waals surface area contributed by atoms with Crippen LogP contribution in [-0.4, -0.2) is 23.2 Å². The van der Waals surface area contributed by atoms with Crippen LogP contribution in [0.4, 0.5) is 0 Å². The molecule has 0 aliphatic carbocycles. The van der Waals surface area contributed by atoms with E-state index in [0.29, 0.717) is 0 Å². The average molecular weight is 494 g/mol. The van der Waals surface area contributed by atoms with Gasteiger partial charge in [-0.15, -0.1) is 0 Å². The average Bonchev–Trinajstić information content (AvgIpc) is 2.63. The van der Waals surface area contributed by atoms with Crippen molar-refractivity contribution in [2.75, 3.05) is 0 Å². The molecule has 0 aromatic heterocycles. The topological polar surface area (TPSA) is 94.8 Å². The molecule has 3 aromatic rings. The van der Waals surface area contributed by atoms with Gasteiger partial charge < -0.3 is 10.2 Å². The van der Waals surface area contributed by atoms with Gasteiger partial charge in [0, 0.05) is 11.1 Å². The minimum absolute atomic E-state index is 0.0272. The highest BCUT2D eigenvalue weighted by Crippen LogP contribution is 2.51. The molecule has 10 heteroatoms. The number of halogens is 4. The first-order valence-electron chi connectivity index (χ1n) is 7.90. The number of hydrogen-bond acceptors (Lipinski definition) is 4. The van der Waals surface area contributed by atoms with Crippen LogP contribution in [0.25, 0.3) is 0 Å². The molecule has 0 saturated carbocycles. The lowest BCUT2D eigenvalue weighted by Crippen LogP contribution is -2.38. The summed E-state index contributed by atoms with van der Waals surface area (Å²) >= 11 is 24.5. The Labute approximate surface area is 186 Å². The van der Waals surface area contributed by atoms with Crippen LogP contribution in [0.2, 0.25) is 20.1 Å². The molecule has 3 N–H and O–H groups in total. The van der Waals surface area contributed by atoms with E-state index in [0.717, 1.165) is 0 Å². The maximum Gasteiger partial charge on any atom is 0.283 e. The van der Waals surface area contributed by atoms with Crippen molar-refractivity contribution in [1.29, 1.82) is 0 Å². The smallest absolute Gasteiger partial charge is 0.283 e. The van der Waals surface area contributed by atoms with Gasteiger partial charge in [0.25, 0.3) is 10.1 Å². The van der Waals surface area contributed by atoms with Crippen molar-refractivity contribution in [3.05, 3.63) is 91.4 Å². The Hall–Kier alpha value is -1.67. The second-order valence-electron chi connectivity index (χ2n) is 6.07. The standard InChI is InChI=1S/C19H12Cl4O5S/c20-13-8-10(9-14(21)18(13)23)19(29(26,27)28,11-4-1-2-6-15(11)24)12-5-3-7-16(25)17(12)22/h1-9,24-25H,(H,26,27,28). The Kier molecular flexibility index (Phi) is 5.98. The van der Waals surface area contributed by atoms with Crippen molar-refractivity contribution in [1.82, 2.24) is 0 Å². The summed E-state index contributed by atoms with van der Waals surface area (Å²) in [5.41, 5.74) is -0.601. The first-order chi connectivity index (χ1) is 13.5. The Morgan fingerprint density at radius 3 is 1.79 bits per heavy atom. The van der Waals surface area contributed by atoms with E-state index in [9.17, 15) is 23.2 Å². The van der Waals surface area contributed by atoms with Crippen LogP contribution >= 0.6 is 46.4 Å². The minimum Gasteiger partial charge on any atom is -0.508 e. The Morgan fingerprint density at radius 1 is 0.724 bits per heavy atom. The molecule has 0 amide bonds. The highest BCUT2D eigenvalue weighted by atomic mass is 35.5. The van der Waals surface area contributed by atoms with Crippen LogP contribution in [0.15, 0.2) is 54.6 Å². The number of benzene rings is 3. The second kappa shape index (κ2) is 7.87. The molecule has 29 heavy (non-hydrogen) atoms. The van der Waals surface area contributed by atoms with E-state index in [1.54, 1.807) is 0 Å². The van der Waals surface area contributed by atoms with Gasteiger partial charge in [-0.25, -0.2) is 0 Å². The number of phenolic OH excluding ortho intramolecular Hbond substituents is 2. The van der Waals surface area contributed by atoms with Crippen molar-refractivity contribution in [2.45, 2.75) is 4.75 Å². The lowest BCUT2D eigenvalue weighted by atomic mass is 9.83. The van der Waals surface area contributed by atoms with Gasteiger partial charge in [0.1, 0.15) is 11.5 Å². The van der Waals surface area contributed by atoms with Crippen LogP contribution in [0.1, 0.15) is 16.7 Å². The van der Waals surface area contributed by atoms with E-state index in [4.69, 9.17) is 46.4 Å². The first-order valence-corrected chi connectivity index (χ1v) is 10.9. The van der Waals surface area contributed by atoms with Crippen molar-refractivity contribution < 1.29 is 23.2 Å². The van der Waals surface area contributed by atoms with Gasteiger partial charge in [-0.05, 0) is 29.8 Å². The number of aromatic hydroxyl groups is 2. The minimum atomic E-state index is -5.11. The van der Waals surface area contributed by atoms with Crippen LogP contribution in [-0.2, 0) is 14.9 Å². The predicted molar refractivity (Wildman–Crippen MR) is 114 cm³/mol. The van der Waals surface area contributed by atoms with E-state index >= 15 is 0 Å². The zero-order valence-electron chi connectivity index (χ0n) is 14.3. The lowest BCUT2D eigenvalue weighted by Gasteiger charge is -2.34. The number of para-hydroxylation sites is 1. The Bertz CT molecular complexity index is 1190. The molecule has 0 radical (unpaired) electrons. The van der Waals surface area contributed by atoms with E-state index in [1.807, 2.05) is 0 Å². The van der Waals surface area contributed by atoms with E-state index in [-0.39, 0.29) is 36.8 Å². The largest absolute Gasteiger partial charge is 0.508 e. The fraction of sp³-hybridized carbons (Fsp3) is 0.0526. The monoisotopic (exact) mass is 492 g/mol. The molecular formula is C19H12Cl4O5S. The van der Waals surface area contributed by atoms with Crippen LogP contribution in [0.3, 0.4) is 0 Å². The summed E-state index contributed by atoms with van der Waals surface area (Å²) in [5.74, 6) is -0.884. The van der Waals surface area contributed by atoms with Gasteiger partial charge in [0.2, 0.25) is 0 Å². The van der Waals surface area contributed by atoms with Crippen molar-refractivity contribution in [3.63, 3.8) is 0 Å². The molecule has 1 unspecified atom stereocenters. The maximum atomic E-state index is 13.0. The van der Waals surface area contributed by atoms with E-state index < -0.39 is 26.4 Å². The zero-order chi connectivity index (χ0) is 21.6. The highest BCUT2D eigenvalue weighted by molar-refractivity contribution is 7.87. The van der Waals surface area contributed by atoms with Crippen LogP contribution in [0.5, 0.6) is 11.5 Å².